The predicted octanol–water partition coefficient (Wildman–Crippen LogP) is 2.70. The van der Waals surface area contributed by atoms with Gasteiger partial charge in [0.2, 0.25) is 17.8 Å². The van der Waals surface area contributed by atoms with Crippen molar-refractivity contribution in [2.75, 3.05) is 48.8 Å². The van der Waals surface area contributed by atoms with Crippen molar-refractivity contribution in [3.05, 3.63) is 36.0 Å². The van der Waals surface area contributed by atoms with Gasteiger partial charge in [-0.05, 0) is 64.0 Å². The molecule has 2 amide bonds. The summed E-state index contributed by atoms with van der Waals surface area (Å²) in [6.45, 7) is 2.65. The van der Waals surface area contributed by atoms with E-state index < -0.39 is 5.41 Å². The molecule has 1 aliphatic carbocycles. The molecule has 1 aromatic carbocycles. The van der Waals surface area contributed by atoms with Crippen LogP contribution in [0.5, 0.6) is 0 Å². The van der Waals surface area contributed by atoms with Crippen molar-refractivity contribution in [1.29, 1.82) is 0 Å². The SMILES string of the molecule is CN(C)[C@H]1CCN(c2ccc(Nc3ncc4c(n3)N(C3CCCC3)C(=O)C3(CCNC3=O)C4)cc2)C1. The van der Waals surface area contributed by atoms with E-state index in [1.807, 2.05) is 4.90 Å². The van der Waals surface area contributed by atoms with Gasteiger partial charge in [0.25, 0.3) is 0 Å². The smallest absolute Gasteiger partial charge is 0.244 e. The Bertz CT molecular complexity index is 1160. The number of rotatable bonds is 5. The van der Waals surface area contributed by atoms with Crippen molar-refractivity contribution in [1.82, 2.24) is 20.2 Å². The summed E-state index contributed by atoms with van der Waals surface area (Å²) in [4.78, 5) is 42.5. The number of nitrogens with zero attached hydrogens (tertiary/aromatic N) is 5. The minimum Gasteiger partial charge on any atom is -0.370 e. The van der Waals surface area contributed by atoms with Crippen molar-refractivity contribution in [2.45, 2.75) is 57.0 Å². The fourth-order valence-corrected chi connectivity index (χ4v) is 6.35. The molecule has 3 fully saturated rings. The van der Waals surface area contributed by atoms with Crippen molar-refractivity contribution < 1.29 is 9.59 Å². The molecule has 2 aromatic rings. The van der Waals surface area contributed by atoms with Crippen LogP contribution >= 0.6 is 0 Å². The van der Waals surface area contributed by atoms with Crippen LogP contribution in [0.1, 0.15) is 44.1 Å². The van der Waals surface area contributed by atoms with Crippen LogP contribution in [0.3, 0.4) is 0 Å². The van der Waals surface area contributed by atoms with E-state index >= 15 is 0 Å². The molecule has 9 heteroatoms. The highest BCUT2D eigenvalue weighted by atomic mass is 16.2. The molecule has 1 saturated carbocycles. The van der Waals surface area contributed by atoms with Crippen LogP contribution in [0.2, 0.25) is 0 Å². The lowest BCUT2D eigenvalue weighted by Crippen LogP contribution is -2.56. The Morgan fingerprint density at radius 1 is 1.11 bits per heavy atom. The maximum Gasteiger partial charge on any atom is 0.244 e. The number of carbonyl (C=O) groups is 2. The van der Waals surface area contributed by atoms with Crippen molar-refractivity contribution in [2.24, 2.45) is 5.41 Å². The summed E-state index contributed by atoms with van der Waals surface area (Å²) >= 11 is 0. The van der Waals surface area contributed by atoms with Crippen molar-refractivity contribution >= 4 is 35.0 Å². The van der Waals surface area contributed by atoms with Crippen molar-refractivity contribution in [3.63, 3.8) is 0 Å². The first-order valence-corrected chi connectivity index (χ1v) is 13.2. The normalized spacial score (nSPS) is 26.2. The summed E-state index contributed by atoms with van der Waals surface area (Å²) in [6, 6.07) is 9.06. The van der Waals surface area contributed by atoms with Crippen LogP contribution in [-0.2, 0) is 16.0 Å². The number of anilines is 4. The maximum atomic E-state index is 13.8. The average molecular weight is 490 g/mol. The van der Waals surface area contributed by atoms with Gasteiger partial charge in [0.05, 0.1) is 0 Å². The molecule has 1 unspecified atom stereocenters. The highest BCUT2D eigenvalue weighted by Gasteiger charge is 2.56. The van der Waals surface area contributed by atoms with E-state index in [-0.39, 0.29) is 17.9 Å². The second-order valence-electron chi connectivity index (χ2n) is 10.9. The van der Waals surface area contributed by atoms with Gasteiger partial charge in [-0.15, -0.1) is 0 Å². The Kier molecular flexibility index (Phi) is 5.82. The standard InChI is InChI=1S/C27H35N7O2/c1-32(2)22-11-14-33(17-22)20-9-7-19(8-10-20)30-26-29-16-18-15-27(12-13-28-24(27)35)25(36)34(23(18)31-26)21-5-3-4-6-21/h7-10,16,21-22H,3-6,11-15,17H2,1-2H3,(H,28,35)(H,29,30,31)/t22-,27?/m0/s1. The number of likely N-dealkylation sites (N-methyl/N-ethyl adjacent to an activating group) is 1. The first-order valence-electron chi connectivity index (χ1n) is 13.2. The van der Waals surface area contributed by atoms with Crippen LogP contribution in [-0.4, -0.2) is 72.5 Å². The topological polar surface area (TPSA) is 93.7 Å². The molecule has 1 aromatic heterocycles. The number of amides is 2. The van der Waals surface area contributed by atoms with E-state index in [0.717, 1.165) is 50.0 Å². The highest BCUT2D eigenvalue weighted by molar-refractivity contribution is 6.14. The quantitative estimate of drug-likeness (QED) is 0.624. The van der Waals surface area contributed by atoms with E-state index in [9.17, 15) is 9.59 Å². The fraction of sp³-hybridized carbons (Fsp3) is 0.556. The molecule has 4 heterocycles. The van der Waals surface area contributed by atoms with Gasteiger partial charge >= 0.3 is 0 Å². The lowest BCUT2D eigenvalue weighted by molar-refractivity contribution is -0.140. The zero-order valence-electron chi connectivity index (χ0n) is 21.2. The minimum absolute atomic E-state index is 0.0902. The molecule has 9 nitrogen and oxygen atoms in total. The number of benzene rings is 1. The maximum absolute atomic E-state index is 13.8. The third-order valence-electron chi connectivity index (χ3n) is 8.53. The molecule has 2 N–H and O–H groups in total. The summed E-state index contributed by atoms with van der Waals surface area (Å²) in [5.41, 5.74) is 1.99. The number of hydrogen-bond donors (Lipinski definition) is 2. The third-order valence-corrected chi connectivity index (χ3v) is 8.53. The Hall–Kier alpha value is -3.20. The van der Waals surface area contributed by atoms with Crippen LogP contribution in [0.4, 0.5) is 23.1 Å². The predicted molar refractivity (Wildman–Crippen MR) is 140 cm³/mol. The average Bonchev–Trinajstić information content (AvgIpc) is 3.64. The molecule has 190 valence electrons. The van der Waals surface area contributed by atoms with Gasteiger partial charge < -0.3 is 20.4 Å². The number of nitrogens with one attached hydrogen (secondary N) is 2. The van der Waals surface area contributed by atoms with Crippen LogP contribution < -0.4 is 20.4 Å². The molecule has 3 aliphatic heterocycles. The van der Waals surface area contributed by atoms with Gasteiger partial charge in [0.1, 0.15) is 11.2 Å². The van der Waals surface area contributed by atoms with Crippen LogP contribution in [0.25, 0.3) is 0 Å². The van der Waals surface area contributed by atoms with E-state index in [2.05, 4.69) is 63.8 Å². The molecule has 2 atom stereocenters. The van der Waals surface area contributed by atoms with Crippen LogP contribution in [0.15, 0.2) is 30.5 Å². The van der Waals surface area contributed by atoms with Crippen molar-refractivity contribution in [3.8, 4) is 0 Å². The number of carbonyl (C=O) groups excluding carboxylic acids is 2. The number of fused-ring (bicyclic) bond motifs is 1. The van der Waals surface area contributed by atoms with Gasteiger partial charge in [-0.3, -0.25) is 14.5 Å². The van der Waals surface area contributed by atoms with E-state index in [4.69, 9.17) is 4.98 Å². The lowest BCUT2D eigenvalue weighted by Gasteiger charge is -2.40. The molecule has 1 spiro atoms. The largest absolute Gasteiger partial charge is 0.370 e. The molecule has 36 heavy (non-hydrogen) atoms. The van der Waals surface area contributed by atoms with E-state index in [1.54, 1.807) is 6.20 Å². The van der Waals surface area contributed by atoms with Gasteiger partial charge in [-0.2, -0.15) is 4.98 Å². The van der Waals surface area contributed by atoms with Gasteiger partial charge in [-0.1, -0.05) is 12.8 Å². The lowest BCUT2D eigenvalue weighted by atomic mass is 9.76. The number of aromatic nitrogens is 2. The molecule has 0 bridgehead atoms. The molecule has 2 saturated heterocycles. The Labute approximate surface area is 212 Å². The first kappa shape index (κ1) is 23.2. The van der Waals surface area contributed by atoms with Gasteiger partial charge in [0.15, 0.2) is 0 Å². The van der Waals surface area contributed by atoms with E-state index in [1.165, 1.54) is 12.1 Å². The third kappa shape index (κ3) is 3.89. The Morgan fingerprint density at radius 3 is 2.56 bits per heavy atom. The molecule has 0 radical (unpaired) electrons. The highest BCUT2D eigenvalue weighted by Crippen LogP contribution is 2.44. The monoisotopic (exact) mass is 489 g/mol. The van der Waals surface area contributed by atoms with E-state index in [0.29, 0.717) is 37.2 Å². The van der Waals surface area contributed by atoms with Crippen LogP contribution in [0, 0.1) is 5.41 Å². The molecule has 6 rings (SSSR count). The summed E-state index contributed by atoms with van der Waals surface area (Å²) in [6.07, 6.45) is 7.96. The zero-order valence-corrected chi connectivity index (χ0v) is 21.2. The summed E-state index contributed by atoms with van der Waals surface area (Å²) in [5.74, 6) is 0.891. The molecule has 4 aliphatic rings. The summed E-state index contributed by atoms with van der Waals surface area (Å²) in [5, 5.41) is 6.21. The first-order chi connectivity index (χ1) is 17.4. The summed E-state index contributed by atoms with van der Waals surface area (Å²) in [7, 11) is 4.28. The second kappa shape index (κ2) is 9.03. The Balaban J connectivity index is 1.24. The Morgan fingerprint density at radius 2 is 1.89 bits per heavy atom. The fourth-order valence-electron chi connectivity index (χ4n) is 6.35. The molecular weight excluding hydrogens is 454 g/mol. The molecular formula is C27H35N7O2. The number of hydrogen-bond acceptors (Lipinski definition) is 7. The minimum atomic E-state index is -1.01. The second-order valence-corrected chi connectivity index (χ2v) is 10.9. The van der Waals surface area contributed by atoms with Gasteiger partial charge in [0, 0.05) is 61.3 Å². The van der Waals surface area contributed by atoms with Gasteiger partial charge in [-0.25, -0.2) is 4.98 Å². The zero-order chi connectivity index (χ0) is 24.9. The summed E-state index contributed by atoms with van der Waals surface area (Å²) < 4.78 is 0.